The van der Waals surface area contributed by atoms with Gasteiger partial charge < -0.3 is 0 Å². The third-order valence-corrected chi connectivity index (χ3v) is 5.73. The van der Waals surface area contributed by atoms with Crippen LogP contribution in [0.3, 0.4) is 0 Å². The molecular formula is C15H17Br2NS. The maximum absolute atomic E-state index is 4.64. The van der Waals surface area contributed by atoms with Gasteiger partial charge in [-0.1, -0.05) is 44.0 Å². The maximum Gasteiger partial charge on any atom is 0.0934 e. The van der Waals surface area contributed by atoms with Crippen molar-refractivity contribution in [3.63, 3.8) is 0 Å². The number of benzene rings is 1. The Morgan fingerprint density at radius 3 is 2.37 bits per heavy atom. The van der Waals surface area contributed by atoms with E-state index in [1.54, 1.807) is 0 Å². The third-order valence-electron chi connectivity index (χ3n) is 3.19. The lowest BCUT2D eigenvalue weighted by Crippen LogP contribution is -2.09. The summed E-state index contributed by atoms with van der Waals surface area (Å²) in [6, 6.07) is 8.60. The number of nitrogens with zero attached hydrogens (tertiary/aromatic N) is 1. The van der Waals surface area contributed by atoms with Crippen LogP contribution in [0, 0.1) is 19.8 Å². The molecule has 0 N–H and O–H groups in total. The van der Waals surface area contributed by atoms with E-state index in [1.165, 1.54) is 21.1 Å². The zero-order valence-corrected chi connectivity index (χ0v) is 15.1. The molecule has 1 atom stereocenters. The predicted octanol–water partition coefficient (Wildman–Crippen LogP) is 5.32. The van der Waals surface area contributed by atoms with E-state index in [9.17, 15) is 0 Å². The van der Waals surface area contributed by atoms with E-state index < -0.39 is 0 Å². The van der Waals surface area contributed by atoms with Crippen molar-refractivity contribution >= 4 is 43.2 Å². The summed E-state index contributed by atoms with van der Waals surface area (Å²) < 4.78 is 1.14. The molecule has 0 amide bonds. The van der Waals surface area contributed by atoms with Gasteiger partial charge in [0, 0.05) is 21.1 Å². The van der Waals surface area contributed by atoms with Crippen LogP contribution in [0.4, 0.5) is 0 Å². The molecule has 0 saturated heterocycles. The highest BCUT2D eigenvalue weighted by molar-refractivity contribution is 9.10. The normalized spacial score (nSPS) is 12.6. The lowest BCUT2D eigenvalue weighted by atomic mass is 9.98. The highest BCUT2D eigenvalue weighted by Crippen LogP contribution is 2.23. The summed E-state index contributed by atoms with van der Waals surface area (Å²) in [5.74, 6) is 0.603. The van der Waals surface area contributed by atoms with Crippen molar-refractivity contribution in [2.75, 3.05) is 5.33 Å². The average molecular weight is 403 g/mol. The first-order valence-corrected chi connectivity index (χ1v) is 9.05. The van der Waals surface area contributed by atoms with Crippen molar-refractivity contribution in [2.24, 2.45) is 5.92 Å². The maximum atomic E-state index is 4.64. The summed E-state index contributed by atoms with van der Waals surface area (Å²) in [7, 11) is 0. The first-order valence-electron chi connectivity index (χ1n) is 6.31. The number of hydrogen-bond acceptors (Lipinski definition) is 2. The van der Waals surface area contributed by atoms with Crippen molar-refractivity contribution in [1.82, 2.24) is 4.98 Å². The zero-order valence-electron chi connectivity index (χ0n) is 11.1. The summed E-state index contributed by atoms with van der Waals surface area (Å²) in [5, 5.41) is 2.28. The predicted molar refractivity (Wildman–Crippen MR) is 90.4 cm³/mol. The Hall–Kier alpha value is -0.190. The van der Waals surface area contributed by atoms with Gasteiger partial charge in [0.15, 0.2) is 0 Å². The smallest absolute Gasteiger partial charge is 0.0934 e. The number of aromatic nitrogens is 1. The van der Waals surface area contributed by atoms with E-state index in [0.29, 0.717) is 5.92 Å². The largest absolute Gasteiger partial charge is 0.246 e. The zero-order chi connectivity index (χ0) is 13.8. The van der Waals surface area contributed by atoms with Gasteiger partial charge in [0.25, 0.3) is 0 Å². The van der Waals surface area contributed by atoms with E-state index in [2.05, 4.69) is 75.0 Å². The highest BCUT2D eigenvalue weighted by atomic mass is 79.9. The third kappa shape index (κ3) is 4.40. The lowest BCUT2D eigenvalue weighted by Gasteiger charge is -2.12. The molecule has 1 unspecified atom stereocenters. The van der Waals surface area contributed by atoms with Gasteiger partial charge in [0.05, 0.1) is 10.7 Å². The van der Waals surface area contributed by atoms with Crippen LogP contribution in [-0.4, -0.2) is 10.3 Å². The molecule has 0 spiro atoms. The quantitative estimate of drug-likeness (QED) is 0.616. The number of thiazole rings is 1. The Balaban J connectivity index is 2.02. The Bertz CT molecular complexity index is 514. The molecule has 2 aromatic rings. The van der Waals surface area contributed by atoms with Crippen LogP contribution >= 0.6 is 43.2 Å². The minimum absolute atomic E-state index is 0.603. The molecule has 0 fully saturated rings. The van der Waals surface area contributed by atoms with Gasteiger partial charge in [0.2, 0.25) is 0 Å². The molecule has 0 radical (unpaired) electrons. The van der Waals surface area contributed by atoms with Gasteiger partial charge in [0.1, 0.15) is 0 Å². The fourth-order valence-electron chi connectivity index (χ4n) is 2.01. The van der Waals surface area contributed by atoms with Gasteiger partial charge in [-0.25, -0.2) is 4.98 Å². The number of aryl methyl sites for hydroxylation is 2. The van der Waals surface area contributed by atoms with Crippen LogP contribution in [0.15, 0.2) is 28.7 Å². The van der Waals surface area contributed by atoms with E-state index >= 15 is 0 Å². The van der Waals surface area contributed by atoms with Gasteiger partial charge >= 0.3 is 0 Å². The Morgan fingerprint density at radius 2 is 1.84 bits per heavy atom. The average Bonchev–Trinajstić information content (AvgIpc) is 2.70. The molecule has 4 heteroatoms. The van der Waals surface area contributed by atoms with Crippen molar-refractivity contribution in [3.05, 3.63) is 49.9 Å². The molecule has 0 aliphatic rings. The minimum Gasteiger partial charge on any atom is -0.246 e. The lowest BCUT2D eigenvalue weighted by molar-refractivity contribution is 0.589. The second-order valence-electron chi connectivity index (χ2n) is 4.80. The SMILES string of the molecule is Cc1nc(CC(CBr)Cc2ccc(Br)cc2)sc1C. The van der Waals surface area contributed by atoms with Crippen LogP contribution in [-0.2, 0) is 12.8 Å². The molecule has 102 valence electrons. The van der Waals surface area contributed by atoms with Gasteiger partial charge in [-0.2, -0.15) is 0 Å². The summed E-state index contributed by atoms with van der Waals surface area (Å²) in [5.41, 5.74) is 2.56. The molecule has 0 bridgehead atoms. The van der Waals surface area contributed by atoms with Crippen molar-refractivity contribution < 1.29 is 0 Å². The summed E-state index contributed by atoms with van der Waals surface area (Å²) >= 11 is 8.95. The molecule has 19 heavy (non-hydrogen) atoms. The van der Waals surface area contributed by atoms with Gasteiger partial charge in [-0.15, -0.1) is 11.3 Å². The second kappa shape index (κ2) is 7.00. The van der Waals surface area contributed by atoms with Crippen molar-refractivity contribution in [2.45, 2.75) is 26.7 Å². The van der Waals surface area contributed by atoms with E-state index in [1.807, 2.05) is 11.3 Å². The monoisotopic (exact) mass is 401 g/mol. The Labute approximate surface area is 135 Å². The molecule has 1 heterocycles. The van der Waals surface area contributed by atoms with Crippen molar-refractivity contribution in [1.29, 1.82) is 0 Å². The molecule has 1 nitrogen and oxygen atoms in total. The van der Waals surface area contributed by atoms with Crippen LogP contribution in [0.2, 0.25) is 0 Å². The molecule has 0 saturated carbocycles. The molecule has 0 aliphatic heterocycles. The number of halogens is 2. The first kappa shape index (κ1) is 15.2. The molecular weight excluding hydrogens is 386 g/mol. The fourth-order valence-corrected chi connectivity index (χ4v) is 3.78. The summed E-state index contributed by atoms with van der Waals surface area (Å²) in [6.45, 7) is 4.24. The summed E-state index contributed by atoms with van der Waals surface area (Å²) in [4.78, 5) is 5.98. The van der Waals surface area contributed by atoms with Gasteiger partial charge in [-0.3, -0.25) is 0 Å². The summed E-state index contributed by atoms with van der Waals surface area (Å²) in [6.07, 6.45) is 2.15. The van der Waals surface area contributed by atoms with E-state index in [0.717, 1.165) is 22.6 Å². The molecule has 0 aliphatic carbocycles. The standard InChI is InChI=1S/C15H17Br2NS/c1-10-11(2)19-15(18-10)8-13(9-16)7-12-3-5-14(17)6-4-12/h3-6,13H,7-9H2,1-2H3. The van der Waals surface area contributed by atoms with Crippen LogP contribution in [0.5, 0.6) is 0 Å². The van der Waals surface area contributed by atoms with Crippen LogP contribution in [0.25, 0.3) is 0 Å². The minimum atomic E-state index is 0.603. The molecule has 1 aromatic heterocycles. The molecule has 2 rings (SSSR count). The second-order valence-corrected chi connectivity index (χ2v) is 7.66. The number of rotatable bonds is 5. The first-order chi connectivity index (χ1) is 9.08. The fraction of sp³-hybridized carbons (Fsp3) is 0.400. The Morgan fingerprint density at radius 1 is 1.16 bits per heavy atom. The molecule has 1 aromatic carbocycles. The number of hydrogen-bond donors (Lipinski definition) is 0. The van der Waals surface area contributed by atoms with E-state index in [-0.39, 0.29) is 0 Å². The number of alkyl halides is 1. The van der Waals surface area contributed by atoms with Crippen LogP contribution in [0.1, 0.15) is 21.1 Å². The van der Waals surface area contributed by atoms with Crippen LogP contribution < -0.4 is 0 Å². The highest BCUT2D eigenvalue weighted by Gasteiger charge is 2.13. The topological polar surface area (TPSA) is 12.9 Å². The van der Waals surface area contributed by atoms with Gasteiger partial charge in [-0.05, 0) is 43.9 Å². The Kier molecular flexibility index (Phi) is 5.60. The van der Waals surface area contributed by atoms with E-state index in [4.69, 9.17) is 0 Å². The van der Waals surface area contributed by atoms with Crippen molar-refractivity contribution in [3.8, 4) is 0 Å².